The van der Waals surface area contributed by atoms with Crippen LogP contribution in [-0.2, 0) is 0 Å². The molecule has 4 heteroatoms. The highest BCUT2D eigenvalue weighted by Gasteiger charge is 2.20. The second kappa shape index (κ2) is 13.8. The first-order valence-corrected chi connectivity index (χ1v) is 21.9. The van der Waals surface area contributed by atoms with Gasteiger partial charge in [0.25, 0.3) is 0 Å². The molecule has 0 radical (unpaired) electrons. The first kappa shape index (κ1) is 34.9. The lowest BCUT2D eigenvalue weighted by Gasteiger charge is -2.27. The number of para-hydroxylation sites is 2. The van der Waals surface area contributed by atoms with Crippen LogP contribution in [0.1, 0.15) is 0 Å². The topological polar surface area (TPSA) is 21.3 Å². The van der Waals surface area contributed by atoms with Gasteiger partial charge >= 0.3 is 0 Å². The predicted molar refractivity (Wildman–Crippen MR) is 264 cm³/mol. The maximum atomic E-state index is 6.15. The third-order valence-corrected chi connectivity index (χ3v) is 13.7. The highest BCUT2D eigenvalue weighted by atomic mass is 32.1. The number of nitrogens with zero attached hydrogens (tertiary/aromatic N) is 2. The lowest BCUT2D eigenvalue weighted by atomic mass is 10.0. The van der Waals surface area contributed by atoms with Crippen LogP contribution in [0, 0.1) is 0 Å². The summed E-state index contributed by atoms with van der Waals surface area (Å²) in [5, 5.41) is 9.82. The van der Waals surface area contributed by atoms with Gasteiger partial charge in [0.1, 0.15) is 11.2 Å². The van der Waals surface area contributed by atoms with Gasteiger partial charge in [-0.25, -0.2) is 0 Å². The lowest BCUT2D eigenvalue weighted by Crippen LogP contribution is -2.10. The van der Waals surface area contributed by atoms with E-state index in [0.29, 0.717) is 0 Å². The van der Waals surface area contributed by atoms with Crippen molar-refractivity contribution in [1.29, 1.82) is 0 Å². The van der Waals surface area contributed by atoms with Gasteiger partial charge in [-0.15, -0.1) is 11.3 Å². The summed E-state index contributed by atoms with van der Waals surface area (Å²) in [6, 6.07) is 79.3. The summed E-state index contributed by atoms with van der Waals surface area (Å²) in [6.45, 7) is 0. The van der Waals surface area contributed by atoms with Crippen molar-refractivity contribution in [2.45, 2.75) is 0 Å². The summed E-state index contributed by atoms with van der Waals surface area (Å²) in [4.78, 5) is 2.42. The Balaban J connectivity index is 0.944. The number of aromatic nitrogens is 1. The molecule has 290 valence electrons. The van der Waals surface area contributed by atoms with Crippen molar-refractivity contribution in [3.63, 3.8) is 0 Å². The summed E-state index contributed by atoms with van der Waals surface area (Å²) in [7, 11) is 0. The molecule has 0 atom stereocenters. The molecule has 0 aliphatic rings. The Morgan fingerprint density at radius 3 is 1.81 bits per heavy atom. The number of fused-ring (bicyclic) bond motifs is 11. The highest BCUT2D eigenvalue weighted by Crippen LogP contribution is 2.46. The fraction of sp³-hybridized carbons (Fsp3) is 0. The van der Waals surface area contributed by atoms with Crippen LogP contribution in [0.5, 0.6) is 0 Å². The predicted octanol–water partition coefficient (Wildman–Crippen LogP) is 17.0. The SMILES string of the molecule is c1ccc(-n2c3cc(-c4ccc(N(c5ccc(-c6ccc7oc8ccccc8c7c6)cc5)c5cccc6sc7ccccc7c56)cc4)ccc3c3ccc4ccccc4c32)cc1. The zero-order valence-electron chi connectivity index (χ0n) is 33.5. The van der Waals surface area contributed by atoms with Crippen molar-refractivity contribution in [2.24, 2.45) is 0 Å². The Hall–Kier alpha value is -7.92. The van der Waals surface area contributed by atoms with Crippen LogP contribution in [0.25, 0.3) is 103 Å². The molecule has 0 unspecified atom stereocenters. The molecule has 0 bridgehead atoms. The number of hydrogen-bond donors (Lipinski definition) is 0. The van der Waals surface area contributed by atoms with Gasteiger partial charge in [0.05, 0.1) is 16.7 Å². The molecule has 0 amide bonds. The normalized spacial score (nSPS) is 11.9. The van der Waals surface area contributed by atoms with Crippen LogP contribution >= 0.6 is 11.3 Å². The molecule has 0 fully saturated rings. The van der Waals surface area contributed by atoms with Gasteiger partial charge in [0, 0.05) is 64.2 Å². The molecule has 0 saturated heterocycles. The van der Waals surface area contributed by atoms with Crippen LogP contribution in [0.4, 0.5) is 17.1 Å². The first-order chi connectivity index (χ1) is 30.7. The quantitative estimate of drug-likeness (QED) is 0.167. The molecule has 0 aliphatic heterocycles. The minimum Gasteiger partial charge on any atom is -0.456 e. The fourth-order valence-electron chi connectivity index (χ4n) is 9.68. The molecule has 3 aromatic heterocycles. The molecule has 10 aromatic carbocycles. The van der Waals surface area contributed by atoms with Crippen molar-refractivity contribution < 1.29 is 4.42 Å². The van der Waals surface area contributed by atoms with Gasteiger partial charge in [-0.2, -0.15) is 0 Å². The van der Waals surface area contributed by atoms with Crippen LogP contribution in [0.2, 0.25) is 0 Å². The number of thiophene rings is 1. The summed E-state index contributed by atoms with van der Waals surface area (Å²) >= 11 is 1.85. The van der Waals surface area contributed by atoms with Gasteiger partial charge in [-0.05, 0) is 107 Å². The van der Waals surface area contributed by atoms with E-state index in [1.165, 1.54) is 63.9 Å². The highest BCUT2D eigenvalue weighted by molar-refractivity contribution is 7.26. The van der Waals surface area contributed by atoms with E-state index in [1.807, 2.05) is 23.5 Å². The zero-order chi connectivity index (χ0) is 40.7. The molecular formula is C58H36N2OS. The summed E-state index contributed by atoms with van der Waals surface area (Å²) < 4.78 is 11.2. The second-order valence-corrected chi connectivity index (χ2v) is 17.2. The maximum Gasteiger partial charge on any atom is 0.135 e. The standard InChI is InChI=1S/C58H36N2OS/c1-2-12-42(13-3-1)60-52-36-41(26-32-46(52)48-33-25-39-11-4-5-14-45(39)58(48)60)38-23-30-44(31-24-38)59(51-17-10-20-56-57(51)49-16-7-9-19-55(49)62-56)43-28-21-37(22-29-43)40-27-34-54-50(35-40)47-15-6-8-18-53(47)61-54/h1-36H. The fourth-order valence-corrected chi connectivity index (χ4v) is 10.8. The molecule has 0 N–H and O–H groups in total. The number of furan rings is 1. The largest absolute Gasteiger partial charge is 0.456 e. The maximum absolute atomic E-state index is 6.15. The van der Waals surface area contributed by atoms with E-state index in [9.17, 15) is 0 Å². The van der Waals surface area contributed by atoms with Crippen LogP contribution < -0.4 is 4.90 Å². The molecule has 13 aromatic rings. The van der Waals surface area contributed by atoms with Crippen molar-refractivity contribution >= 4 is 103 Å². The number of benzene rings is 10. The summed E-state index contributed by atoms with van der Waals surface area (Å²) in [5.41, 5.74) is 13.4. The minimum absolute atomic E-state index is 0.907. The third-order valence-electron chi connectivity index (χ3n) is 12.6. The molecule has 3 nitrogen and oxygen atoms in total. The minimum atomic E-state index is 0.907. The molecule has 3 heterocycles. The van der Waals surface area contributed by atoms with Gasteiger partial charge in [-0.1, -0.05) is 140 Å². The van der Waals surface area contributed by atoms with Gasteiger partial charge in [-0.3, -0.25) is 0 Å². The molecule has 0 saturated carbocycles. The Kier molecular flexibility index (Phi) is 7.78. The van der Waals surface area contributed by atoms with Crippen molar-refractivity contribution in [3.8, 4) is 27.9 Å². The van der Waals surface area contributed by atoms with Gasteiger partial charge < -0.3 is 13.9 Å². The van der Waals surface area contributed by atoms with E-state index in [-0.39, 0.29) is 0 Å². The number of hydrogen-bond acceptors (Lipinski definition) is 3. The summed E-state index contributed by atoms with van der Waals surface area (Å²) in [5.74, 6) is 0. The molecule has 0 aliphatic carbocycles. The summed E-state index contributed by atoms with van der Waals surface area (Å²) in [6.07, 6.45) is 0. The number of anilines is 3. The average molecular weight is 809 g/mol. The van der Waals surface area contributed by atoms with Crippen LogP contribution in [0.15, 0.2) is 223 Å². The van der Waals surface area contributed by atoms with Gasteiger partial charge in [0.2, 0.25) is 0 Å². The van der Waals surface area contributed by atoms with Crippen LogP contribution in [-0.4, -0.2) is 4.57 Å². The van der Waals surface area contributed by atoms with Crippen molar-refractivity contribution in [1.82, 2.24) is 4.57 Å². The smallest absolute Gasteiger partial charge is 0.135 e. The van der Waals surface area contributed by atoms with E-state index in [0.717, 1.165) is 55.8 Å². The van der Waals surface area contributed by atoms with Gasteiger partial charge in [0.15, 0.2) is 0 Å². The zero-order valence-corrected chi connectivity index (χ0v) is 34.3. The third kappa shape index (κ3) is 5.44. The van der Waals surface area contributed by atoms with Crippen molar-refractivity contribution in [3.05, 3.63) is 218 Å². The molecule has 0 spiro atoms. The second-order valence-electron chi connectivity index (χ2n) is 16.1. The number of rotatable bonds is 6. The van der Waals surface area contributed by atoms with E-state index in [4.69, 9.17) is 4.42 Å². The van der Waals surface area contributed by atoms with Crippen molar-refractivity contribution in [2.75, 3.05) is 4.90 Å². The molecular weight excluding hydrogens is 773 g/mol. The van der Waals surface area contributed by atoms with Crippen LogP contribution in [0.3, 0.4) is 0 Å². The Labute approximate surface area is 361 Å². The average Bonchev–Trinajstić information content (AvgIpc) is 4.02. The van der Waals surface area contributed by atoms with E-state index >= 15 is 0 Å². The lowest BCUT2D eigenvalue weighted by molar-refractivity contribution is 0.669. The Bertz CT molecular complexity index is 3860. The van der Waals surface area contributed by atoms with E-state index in [1.54, 1.807) is 0 Å². The Morgan fingerprint density at radius 1 is 0.387 bits per heavy atom. The van der Waals surface area contributed by atoms with E-state index in [2.05, 4.69) is 216 Å². The molecule has 13 rings (SSSR count). The van der Waals surface area contributed by atoms with E-state index < -0.39 is 0 Å². The first-order valence-electron chi connectivity index (χ1n) is 21.1. The molecule has 62 heavy (non-hydrogen) atoms. The monoisotopic (exact) mass is 808 g/mol. The Morgan fingerprint density at radius 2 is 1.00 bits per heavy atom.